The Hall–Kier alpha value is -1.90. The lowest BCUT2D eigenvalue weighted by molar-refractivity contribution is -0.137. The largest absolute Gasteiger partial charge is 0.463 e. The standard InChI is InChI=1S/C23H38N2O5Si/c1-8-29-21(27)10-9-17-13-19(25-12-11-20(26)24-22(25)28)14-18(17)15-30-31(6,7)23(4,5)16(2)3/h9-13,16,18-19,22,28H,8,14-15H2,1-7H3,(H,24,26)/b10-9+/t18-,19+,22?/m1/s1. The lowest BCUT2D eigenvalue weighted by atomic mass is 9.99. The van der Waals surface area contributed by atoms with E-state index in [4.69, 9.17) is 9.16 Å². The third kappa shape index (κ3) is 6.08. The highest BCUT2D eigenvalue weighted by atomic mass is 28.4. The maximum atomic E-state index is 11.8. The molecule has 0 aromatic rings. The van der Waals surface area contributed by atoms with Gasteiger partial charge >= 0.3 is 5.97 Å². The van der Waals surface area contributed by atoms with Crippen LogP contribution in [-0.2, 0) is 18.8 Å². The van der Waals surface area contributed by atoms with Crippen molar-refractivity contribution in [2.24, 2.45) is 11.8 Å². The van der Waals surface area contributed by atoms with Gasteiger partial charge in [-0.2, -0.15) is 0 Å². The number of carbonyl (C=O) groups excluding carboxylic acids is 2. The van der Waals surface area contributed by atoms with Gasteiger partial charge in [-0.1, -0.05) is 39.8 Å². The smallest absolute Gasteiger partial charge is 0.330 e. The van der Waals surface area contributed by atoms with Crippen molar-refractivity contribution in [1.29, 1.82) is 0 Å². The van der Waals surface area contributed by atoms with Crippen molar-refractivity contribution < 1.29 is 23.9 Å². The van der Waals surface area contributed by atoms with E-state index in [9.17, 15) is 14.7 Å². The van der Waals surface area contributed by atoms with E-state index in [2.05, 4.69) is 46.1 Å². The quantitative estimate of drug-likeness (QED) is 0.318. The van der Waals surface area contributed by atoms with Gasteiger partial charge in [-0.25, -0.2) is 4.79 Å². The van der Waals surface area contributed by atoms with Crippen molar-refractivity contribution >= 4 is 20.2 Å². The number of hydrogen-bond donors (Lipinski definition) is 2. The normalized spacial score (nSPS) is 24.7. The Labute approximate surface area is 187 Å². The highest BCUT2D eigenvalue weighted by Gasteiger charge is 2.44. The van der Waals surface area contributed by atoms with Crippen LogP contribution in [-0.4, -0.2) is 55.8 Å². The highest BCUT2D eigenvalue weighted by Crippen LogP contribution is 2.45. The van der Waals surface area contributed by atoms with Crippen molar-refractivity contribution in [1.82, 2.24) is 10.2 Å². The number of aliphatic hydroxyl groups is 1. The lowest BCUT2D eigenvalue weighted by Crippen LogP contribution is -2.51. The number of ether oxygens (including phenoxy) is 1. The van der Waals surface area contributed by atoms with Crippen LogP contribution in [0, 0.1) is 11.8 Å². The molecule has 1 aliphatic carbocycles. The molecule has 2 N–H and O–H groups in total. The molecule has 1 amide bonds. The predicted octanol–water partition coefficient (Wildman–Crippen LogP) is 3.30. The first-order valence-electron chi connectivity index (χ1n) is 11.0. The summed E-state index contributed by atoms with van der Waals surface area (Å²) >= 11 is 0. The van der Waals surface area contributed by atoms with Crippen molar-refractivity contribution in [3.05, 3.63) is 36.1 Å². The van der Waals surface area contributed by atoms with E-state index in [-0.39, 0.29) is 28.9 Å². The molecule has 0 spiro atoms. The maximum absolute atomic E-state index is 11.8. The second-order valence-electron chi connectivity index (χ2n) is 9.59. The molecule has 1 unspecified atom stereocenters. The van der Waals surface area contributed by atoms with Crippen LogP contribution < -0.4 is 5.32 Å². The van der Waals surface area contributed by atoms with Gasteiger partial charge in [0, 0.05) is 30.9 Å². The first kappa shape index (κ1) is 25.4. The summed E-state index contributed by atoms with van der Waals surface area (Å²) < 4.78 is 11.6. The summed E-state index contributed by atoms with van der Waals surface area (Å²) in [6, 6.07) is -0.120. The van der Waals surface area contributed by atoms with Gasteiger partial charge < -0.3 is 24.5 Å². The molecule has 174 valence electrons. The van der Waals surface area contributed by atoms with Crippen LogP contribution >= 0.6 is 0 Å². The minimum absolute atomic E-state index is 0.0728. The molecule has 2 rings (SSSR count). The van der Waals surface area contributed by atoms with Gasteiger partial charge in [0.1, 0.15) is 0 Å². The number of rotatable bonds is 9. The van der Waals surface area contributed by atoms with Crippen molar-refractivity contribution in [2.45, 2.75) is 71.6 Å². The number of esters is 1. The average molecular weight is 451 g/mol. The number of nitrogens with zero attached hydrogens (tertiary/aromatic N) is 1. The number of allylic oxidation sites excluding steroid dienone is 1. The summed E-state index contributed by atoms with van der Waals surface area (Å²) in [6.45, 7) is 16.2. The molecule has 0 bridgehead atoms. The molecule has 1 aliphatic heterocycles. The highest BCUT2D eigenvalue weighted by molar-refractivity contribution is 6.74. The Bertz CT molecular complexity index is 757. The molecule has 7 nitrogen and oxygen atoms in total. The van der Waals surface area contributed by atoms with Crippen LogP contribution in [0.5, 0.6) is 0 Å². The zero-order chi connectivity index (χ0) is 23.4. The van der Waals surface area contributed by atoms with Crippen molar-refractivity contribution in [3.8, 4) is 0 Å². The topological polar surface area (TPSA) is 88.1 Å². The molecule has 0 fully saturated rings. The second kappa shape index (κ2) is 10.1. The van der Waals surface area contributed by atoms with E-state index in [0.29, 0.717) is 25.6 Å². The van der Waals surface area contributed by atoms with E-state index >= 15 is 0 Å². The summed E-state index contributed by atoms with van der Waals surface area (Å²) in [4.78, 5) is 25.0. The van der Waals surface area contributed by atoms with Gasteiger partial charge in [0.2, 0.25) is 12.3 Å². The minimum atomic E-state index is -2.01. The van der Waals surface area contributed by atoms with Crippen molar-refractivity contribution in [3.63, 3.8) is 0 Å². The summed E-state index contributed by atoms with van der Waals surface area (Å²) in [5.41, 5.74) is 0.975. The summed E-state index contributed by atoms with van der Waals surface area (Å²) in [6.07, 6.45) is 7.89. The fraction of sp³-hybridized carbons (Fsp3) is 0.652. The monoisotopic (exact) mass is 450 g/mol. The number of aliphatic hydroxyl groups excluding tert-OH is 1. The van der Waals surface area contributed by atoms with Gasteiger partial charge in [0.15, 0.2) is 8.32 Å². The molecule has 3 atom stereocenters. The summed E-state index contributed by atoms with van der Waals surface area (Å²) in [5, 5.41) is 12.9. The maximum Gasteiger partial charge on any atom is 0.330 e. The van der Waals surface area contributed by atoms with Crippen LogP contribution in [0.4, 0.5) is 0 Å². The van der Waals surface area contributed by atoms with E-state index < -0.39 is 14.7 Å². The molecule has 8 heteroatoms. The zero-order valence-corrected chi connectivity index (χ0v) is 20.8. The van der Waals surface area contributed by atoms with Crippen LogP contribution in [0.1, 0.15) is 41.0 Å². The van der Waals surface area contributed by atoms with Gasteiger partial charge in [-0.05, 0) is 43.0 Å². The SMILES string of the molecule is CCOC(=O)/C=C/C1=C[C@H](N2C=CC(=O)NC2O)C[C@@H]1CO[Si](C)(C)C(C)(C)C(C)C. The molecular weight excluding hydrogens is 412 g/mol. The Morgan fingerprint density at radius 1 is 1.42 bits per heavy atom. The second-order valence-corrected chi connectivity index (χ2v) is 14.2. The van der Waals surface area contributed by atoms with Crippen molar-refractivity contribution in [2.75, 3.05) is 13.2 Å². The molecule has 2 aliphatic rings. The number of hydrogen-bond acceptors (Lipinski definition) is 6. The Balaban J connectivity index is 2.20. The zero-order valence-electron chi connectivity index (χ0n) is 19.8. The third-order valence-corrected chi connectivity index (χ3v) is 11.6. The van der Waals surface area contributed by atoms with E-state index in [0.717, 1.165) is 5.57 Å². The molecular formula is C23H38N2O5Si. The van der Waals surface area contributed by atoms with Crippen LogP contribution in [0.25, 0.3) is 0 Å². The fourth-order valence-electron chi connectivity index (χ4n) is 3.74. The Morgan fingerprint density at radius 2 is 2.10 bits per heavy atom. The number of nitrogens with one attached hydrogen (secondary N) is 1. The Kier molecular flexibility index (Phi) is 8.30. The van der Waals surface area contributed by atoms with E-state index in [1.807, 2.05) is 6.08 Å². The molecule has 31 heavy (non-hydrogen) atoms. The van der Waals surface area contributed by atoms with Crippen LogP contribution in [0.15, 0.2) is 36.1 Å². The summed E-state index contributed by atoms with van der Waals surface area (Å²) in [5.74, 6) is -0.130. The minimum Gasteiger partial charge on any atom is -0.463 e. The fourth-order valence-corrected chi connectivity index (χ4v) is 6.12. The number of amides is 1. The average Bonchev–Trinajstić information content (AvgIpc) is 3.07. The molecule has 1 heterocycles. The predicted molar refractivity (Wildman–Crippen MR) is 123 cm³/mol. The Morgan fingerprint density at radius 3 is 2.68 bits per heavy atom. The third-order valence-electron chi connectivity index (χ3n) is 7.06. The first-order chi connectivity index (χ1) is 14.4. The first-order valence-corrected chi connectivity index (χ1v) is 13.9. The van der Waals surface area contributed by atoms with Crippen LogP contribution in [0.2, 0.25) is 18.1 Å². The lowest BCUT2D eigenvalue weighted by Gasteiger charge is -2.43. The van der Waals surface area contributed by atoms with Gasteiger partial charge in [0.25, 0.3) is 0 Å². The van der Waals surface area contributed by atoms with E-state index in [1.165, 1.54) is 12.2 Å². The van der Waals surface area contributed by atoms with Crippen LogP contribution in [0.3, 0.4) is 0 Å². The molecule has 0 aromatic carbocycles. The molecule has 0 saturated heterocycles. The van der Waals surface area contributed by atoms with Gasteiger partial charge in [-0.15, -0.1) is 0 Å². The number of carbonyl (C=O) groups is 2. The molecule has 0 saturated carbocycles. The summed E-state index contributed by atoms with van der Waals surface area (Å²) in [7, 11) is -2.01. The molecule has 0 radical (unpaired) electrons. The van der Waals surface area contributed by atoms with Gasteiger partial charge in [0.05, 0.1) is 12.6 Å². The van der Waals surface area contributed by atoms with E-state index in [1.54, 1.807) is 24.1 Å². The van der Waals surface area contributed by atoms with Gasteiger partial charge in [-0.3, -0.25) is 4.79 Å². The molecule has 0 aromatic heterocycles.